The zero-order chi connectivity index (χ0) is 15.5. The zero-order valence-electron chi connectivity index (χ0n) is 11.4. The predicted octanol–water partition coefficient (Wildman–Crippen LogP) is 0.288. The molecule has 8 nitrogen and oxygen atoms in total. The smallest absolute Gasteiger partial charge is 0.352 e. The van der Waals surface area contributed by atoms with E-state index >= 15 is 0 Å². The number of aromatic nitrogens is 3. The molecule has 0 fully saturated rings. The van der Waals surface area contributed by atoms with Crippen LogP contribution in [0.5, 0.6) is 0 Å². The van der Waals surface area contributed by atoms with Crippen LogP contribution in [0.2, 0.25) is 0 Å². The van der Waals surface area contributed by atoms with Crippen LogP contribution in [0.3, 0.4) is 0 Å². The highest BCUT2D eigenvalue weighted by molar-refractivity contribution is 7.89. The summed E-state index contributed by atoms with van der Waals surface area (Å²) in [5.74, 6) is -1.17. The van der Waals surface area contributed by atoms with Gasteiger partial charge in [0.05, 0.1) is 0 Å². The monoisotopic (exact) mass is 312 g/mol. The van der Waals surface area contributed by atoms with Crippen LogP contribution in [0.25, 0.3) is 0 Å². The number of carboxylic acids is 1. The maximum absolute atomic E-state index is 12.0. The Morgan fingerprint density at radius 1 is 1.48 bits per heavy atom. The van der Waals surface area contributed by atoms with Gasteiger partial charge in [-0.05, 0) is 18.6 Å². The lowest BCUT2D eigenvalue weighted by Crippen LogP contribution is -2.25. The van der Waals surface area contributed by atoms with Crippen LogP contribution in [-0.4, -0.2) is 40.4 Å². The van der Waals surface area contributed by atoms with Crippen molar-refractivity contribution in [3.05, 3.63) is 36.4 Å². The SMILES string of the molecule is Cn1cc(S(=O)(=O)NCCCn2cccn2)cc1C(=O)O. The van der Waals surface area contributed by atoms with Crippen molar-refractivity contribution in [3.8, 4) is 0 Å². The van der Waals surface area contributed by atoms with E-state index in [1.165, 1.54) is 17.8 Å². The fourth-order valence-corrected chi connectivity index (χ4v) is 3.00. The van der Waals surface area contributed by atoms with E-state index in [2.05, 4.69) is 9.82 Å². The Kier molecular flexibility index (Phi) is 4.43. The Bertz CT molecular complexity index is 719. The van der Waals surface area contributed by atoms with Crippen molar-refractivity contribution >= 4 is 16.0 Å². The number of carboxylic acid groups (broad SMARTS) is 1. The van der Waals surface area contributed by atoms with Crippen LogP contribution < -0.4 is 4.72 Å². The van der Waals surface area contributed by atoms with Gasteiger partial charge in [0, 0.05) is 38.7 Å². The van der Waals surface area contributed by atoms with Crippen LogP contribution in [0.15, 0.2) is 35.6 Å². The molecule has 9 heteroatoms. The second-order valence-electron chi connectivity index (χ2n) is 4.50. The summed E-state index contributed by atoms with van der Waals surface area (Å²) in [5, 5.41) is 12.9. The van der Waals surface area contributed by atoms with Crippen molar-refractivity contribution in [1.29, 1.82) is 0 Å². The fraction of sp³-hybridized carbons (Fsp3) is 0.333. The Balaban J connectivity index is 1.95. The summed E-state index contributed by atoms with van der Waals surface area (Å²) >= 11 is 0. The molecule has 2 aromatic rings. The molecule has 0 radical (unpaired) electrons. The molecule has 114 valence electrons. The first-order chi connectivity index (χ1) is 9.90. The molecule has 0 amide bonds. The van der Waals surface area contributed by atoms with Crippen molar-refractivity contribution < 1.29 is 18.3 Å². The van der Waals surface area contributed by atoms with Gasteiger partial charge in [0.15, 0.2) is 0 Å². The molecule has 0 aliphatic carbocycles. The lowest BCUT2D eigenvalue weighted by molar-refractivity contribution is 0.0686. The Hall–Kier alpha value is -2.13. The summed E-state index contributed by atoms with van der Waals surface area (Å²) in [5.41, 5.74) is -0.0769. The maximum Gasteiger partial charge on any atom is 0.352 e. The fourth-order valence-electron chi connectivity index (χ4n) is 1.86. The van der Waals surface area contributed by atoms with Gasteiger partial charge in [0.1, 0.15) is 10.6 Å². The largest absolute Gasteiger partial charge is 0.477 e. The molecule has 0 saturated heterocycles. The number of nitrogens with zero attached hydrogens (tertiary/aromatic N) is 3. The number of aromatic carboxylic acids is 1. The Labute approximate surface area is 122 Å². The molecule has 2 N–H and O–H groups in total. The molecule has 0 aromatic carbocycles. The van der Waals surface area contributed by atoms with Crippen molar-refractivity contribution in [2.24, 2.45) is 7.05 Å². The summed E-state index contributed by atoms with van der Waals surface area (Å²) in [6, 6.07) is 2.93. The molecule has 0 aliphatic rings. The summed E-state index contributed by atoms with van der Waals surface area (Å²) in [4.78, 5) is 10.9. The number of nitrogens with one attached hydrogen (secondary N) is 1. The van der Waals surface area contributed by atoms with Crippen LogP contribution in [0.4, 0.5) is 0 Å². The molecular formula is C12H16N4O4S. The molecular weight excluding hydrogens is 296 g/mol. The van der Waals surface area contributed by atoms with Gasteiger partial charge in [-0.3, -0.25) is 4.68 Å². The van der Waals surface area contributed by atoms with E-state index < -0.39 is 16.0 Å². The minimum absolute atomic E-state index is 0.0542. The topological polar surface area (TPSA) is 106 Å². The third-order valence-electron chi connectivity index (χ3n) is 2.92. The summed E-state index contributed by atoms with van der Waals surface area (Å²) in [6.45, 7) is 0.851. The summed E-state index contributed by atoms with van der Waals surface area (Å²) < 4.78 is 29.5. The molecule has 0 unspecified atom stereocenters. The quantitative estimate of drug-likeness (QED) is 0.715. The summed E-state index contributed by atoms with van der Waals surface area (Å²) in [6.07, 6.45) is 5.31. The molecule has 2 heterocycles. The number of aryl methyl sites for hydroxylation is 2. The predicted molar refractivity (Wildman–Crippen MR) is 74.4 cm³/mol. The normalized spacial score (nSPS) is 11.7. The van der Waals surface area contributed by atoms with Crippen LogP contribution in [0, 0.1) is 0 Å². The molecule has 0 atom stereocenters. The lowest BCUT2D eigenvalue weighted by Gasteiger charge is -2.05. The standard InChI is InChI=1S/C12H16N4O4S/c1-15-9-10(8-11(15)12(17)18)21(19,20)14-5-3-7-16-6-2-4-13-16/h2,4,6,8-9,14H,3,5,7H2,1H3,(H,17,18). The van der Waals surface area contributed by atoms with Crippen molar-refractivity contribution in [3.63, 3.8) is 0 Å². The number of hydrogen-bond acceptors (Lipinski definition) is 4. The molecule has 2 rings (SSSR count). The molecule has 0 aliphatic heterocycles. The van der Waals surface area contributed by atoms with Gasteiger partial charge in [-0.15, -0.1) is 0 Å². The third kappa shape index (κ3) is 3.70. The Morgan fingerprint density at radius 3 is 2.81 bits per heavy atom. The average molecular weight is 312 g/mol. The van der Waals surface area contributed by atoms with Crippen molar-refractivity contribution in [1.82, 2.24) is 19.1 Å². The highest BCUT2D eigenvalue weighted by Gasteiger charge is 2.19. The molecule has 0 spiro atoms. The number of sulfonamides is 1. The first kappa shape index (κ1) is 15.3. The van der Waals surface area contributed by atoms with Crippen LogP contribution in [-0.2, 0) is 23.6 Å². The van der Waals surface area contributed by atoms with E-state index in [9.17, 15) is 13.2 Å². The average Bonchev–Trinajstić information content (AvgIpc) is 3.04. The summed E-state index contributed by atoms with van der Waals surface area (Å²) in [7, 11) is -2.21. The van der Waals surface area contributed by atoms with Crippen molar-refractivity contribution in [2.45, 2.75) is 17.9 Å². The number of hydrogen-bond donors (Lipinski definition) is 2. The first-order valence-electron chi connectivity index (χ1n) is 6.27. The zero-order valence-corrected chi connectivity index (χ0v) is 12.2. The minimum atomic E-state index is -3.70. The van der Waals surface area contributed by atoms with Gasteiger partial charge in [-0.1, -0.05) is 0 Å². The molecule has 2 aromatic heterocycles. The highest BCUT2D eigenvalue weighted by Crippen LogP contribution is 2.13. The highest BCUT2D eigenvalue weighted by atomic mass is 32.2. The maximum atomic E-state index is 12.0. The molecule has 0 bridgehead atoms. The minimum Gasteiger partial charge on any atom is -0.477 e. The van der Waals surface area contributed by atoms with Crippen LogP contribution in [0.1, 0.15) is 16.9 Å². The van der Waals surface area contributed by atoms with E-state index in [0.29, 0.717) is 13.0 Å². The first-order valence-corrected chi connectivity index (χ1v) is 7.75. The van der Waals surface area contributed by atoms with Crippen molar-refractivity contribution in [2.75, 3.05) is 6.54 Å². The van der Waals surface area contributed by atoms with E-state index in [4.69, 9.17) is 5.11 Å². The van der Waals surface area contributed by atoms with Gasteiger partial charge in [-0.2, -0.15) is 5.10 Å². The second-order valence-corrected chi connectivity index (χ2v) is 6.26. The van der Waals surface area contributed by atoms with Crippen LogP contribution >= 0.6 is 0 Å². The molecule has 0 saturated carbocycles. The van der Waals surface area contributed by atoms with E-state index in [1.807, 2.05) is 0 Å². The third-order valence-corrected chi connectivity index (χ3v) is 4.35. The van der Waals surface area contributed by atoms with E-state index in [0.717, 1.165) is 6.07 Å². The van der Waals surface area contributed by atoms with Gasteiger partial charge in [0.2, 0.25) is 10.0 Å². The lowest BCUT2D eigenvalue weighted by atomic mass is 10.4. The van der Waals surface area contributed by atoms with Gasteiger partial charge >= 0.3 is 5.97 Å². The van der Waals surface area contributed by atoms with Gasteiger partial charge in [-0.25, -0.2) is 17.9 Å². The van der Waals surface area contributed by atoms with E-state index in [1.54, 1.807) is 23.1 Å². The second kappa shape index (κ2) is 6.10. The van der Waals surface area contributed by atoms with Gasteiger partial charge in [0.25, 0.3) is 0 Å². The number of carbonyl (C=O) groups is 1. The van der Waals surface area contributed by atoms with E-state index in [-0.39, 0.29) is 17.1 Å². The Morgan fingerprint density at radius 2 is 2.24 bits per heavy atom. The number of rotatable bonds is 7. The van der Waals surface area contributed by atoms with Gasteiger partial charge < -0.3 is 9.67 Å². The molecule has 21 heavy (non-hydrogen) atoms.